The van der Waals surface area contributed by atoms with Crippen molar-refractivity contribution in [2.75, 3.05) is 25.1 Å². The Morgan fingerprint density at radius 1 is 1.32 bits per heavy atom. The van der Waals surface area contributed by atoms with E-state index in [0.29, 0.717) is 36.1 Å². The van der Waals surface area contributed by atoms with Crippen LogP contribution in [0.1, 0.15) is 35.7 Å². The number of piperidine rings is 1. The van der Waals surface area contributed by atoms with Crippen molar-refractivity contribution in [1.29, 1.82) is 0 Å². The average Bonchev–Trinajstić information content (AvgIpc) is 3.26. The van der Waals surface area contributed by atoms with Crippen LogP contribution in [-0.4, -0.2) is 57.4 Å². The number of rotatable bonds is 7. The first-order valence-corrected chi connectivity index (χ1v) is 11.2. The van der Waals surface area contributed by atoms with E-state index < -0.39 is 6.04 Å². The van der Waals surface area contributed by atoms with Gasteiger partial charge < -0.3 is 14.8 Å². The van der Waals surface area contributed by atoms with Crippen molar-refractivity contribution in [3.05, 3.63) is 53.6 Å². The van der Waals surface area contributed by atoms with Crippen molar-refractivity contribution in [3.8, 4) is 0 Å². The van der Waals surface area contributed by atoms with Gasteiger partial charge in [-0.15, -0.1) is 0 Å². The fourth-order valence-corrected chi connectivity index (χ4v) is 4.16. The lowest BCUT2D eigenvalue weighted by Gasteiger charge is -2.35. The van der Waals surface area contributed by atoms with E-state index >= 15 is 0 Å². The standard InChI is InChI=1S/C20H25ClN4O2S/c1-28-13-8-18(23-19(26)16-4-2-3-5-17(16)21)20(27)24-10-6-15(7-11-24)25-12-9-22-14-25/h2-5,9,12,14-15,18H,6-8,10-11,13H2,1H3,(H,23,26). The number of likely N-dealkylation sites (tertiary alicyclic amines) is 1. The summed E-state index contributed by atoms with van der Waals surface area (Å²) >= 11 is 7.79. The molecule has 28 heavy (non-hydrogen) atoms. The highest BCUT2D eigenvalue weighted by Gasteiger charge is 2.30. The van der Waals surface area contributed by atoms with Crippen LogP contribution in [0, 0.1) is 0 Å². The minimum absolute atomic E-state index is 0.0152. The van der Waals surface area contributed by atoms with Crippen LogP contribution < -0.4 is 5.32 Å². The van der Waals surface area contributed by atoms with E-state index in [2.05, 4.69) is 14.9 Å². The molecule has 1 saturated heterocycles. The van der Waals surface area contributed by atoms with Gasteiger partial charge in [0.1, 0.15) is 6.04 Å². The van der Waals surface area contributed by atoms with Gasteiger partial charge in [0.15, 0.2) is 0 Å². The van der Waals surface area contributed by atoms with Gasteiger partial charge in [0.2, 0.25) is 5.91 Å². The summed E-state index contributed by atoms with van der Waals surface area (Å²) in [5.41, 5.74) is 0.393. The normalized spacial score (nSPS) is 16.0. The molecule has 2 aromatic rings. The maximum atomic E-state index is 13.1. The van der Waals surface area contributed by atoms with Gasteiger partial charge >= 0.3 is 0 Å². The second-order valence-electron chi connectivity index (χ2n) is 6.85. The third-order valence-corrected chi connectivity index (χ3v) is 6.03. The molecule has 1 unspecified atom stereocenters. The molecule has 2 heterocycles. The molecule has 1 aromatic heterocycles. The minimum Gasteiger partial charge on any atom is -0.341 e. The number of nitrogens with zero attached hydrogens (tertiary/aromatic N) is 3. The molecule has 0 radical (unpaired) electrons. The largest absolute Gasteiger partial charge is 0.341 e. The van der Waals surface area contributed by atoms with Crippen molar-refractivity contribution >= 4 is 35.2 Å². The van der Waals surface area contributed by atoms with Crippen molar-refractivity contribution < 1.29 is 9.59 Å². The minimum atomic E-state index is -0.541. The molecule has 3 rings (SSSR count). The van der Waals surface area contributed by atoms with Gasteiger partial charge in [-0.3, -0.25) is 9.59 Å². The first-order valence-electron chi connectivity index (χ1n) is 9.40. The van der Waals surface area contributed by atoms with Gasteiger partial charge in [0.05, 0.1) is 16.9 Å². The molecule has 1 fully saturated rings. The summed E-state index contributed by atoms with van der Waals surface area (Å²) < 4.78 is 2.10. The SMILES string of the molecule is CSCCC(NC(=O)c1ccccc1Cl)C(=O)N1CCC(n2ccnc2)CC1. The number of aromatic nitrogens is 2. The lowest BCUT2D eigenvalue weighted by Crippen LogP contribution is -2.51. The summed E-state index contributed by atoms with van der Waals surface area (Å²) in [6, 6.07) is 6.72. The predicted octanol–water partition coefficient (Wildman–Crippen LogP) is 3.25. The Labute approximate surface area is 174 Å². The number of thioether (sulfide) groups is 1. The van der Waals surface area contributed by atoms with E-state index in [-0.39, 0.29) is 11.8 Å². The summed E-state index contributed by atoms with van der Waals surface area (Å²) in [5, 5.41) is 3.29. The van der Waals surface area contributed by atoms with Crippen LogP contribution in [0.3, 0.4) is 0 Å². The van der Waals surface area contributed by atoms with Crippen LogP contribution in [0.2, 0.25) is 5.02 Å². The second-order valence-corrected chi connectivity index (χ2v) is 8.25. The van der Waals surface area contributed by atoms with Crippen LogP contribution in [0.25, 0.3) is 0 Å². The average molecular weight is 421 g/mol. The van der Waals surface area contributed by atoms with Crippen molar-refractivity contribution in [2.45, 2.75) is 31.3 Å². The molecular weight excluding hydrogens is 396 g/mol. The zero-order valence-electron chi connectivity index (χ0n) is 15.9. The van der Waals surface area contributed by atoms with E-state index in [1.165, 1.54) is 0 Å². The Bertz CT molecular complexity index is 791. The van der Waals surface area contributed by atoms with Crippen LogP contribution in [-0.2, 0) is 4.79 Å². The van der Waals surface area contributed by atoms with Gasteiger partial charge in [-0.2, -0.15) is 11.8 Å². The number of nitrogens with one attached hydrogen (secondary N) is 1. The van der Waals surface area contributed by atoms with E-state index in [9.17, 15) is 9.59 Å². The first kappa shape index (κ1) is 20.7. The molecule has 8 heteroatoms. The van der Waals surface area contributed by atoms with Crippen molar-refractivity contribution in [1.82, 2.24) is 19.8 Å². The number of carbonyl (C=O) groups excluding carboxylic acids is 2. The summed E-state index contributed by atoms with van der Waals surface area (Å²) in [6.45, 7) is 1.36. The lowest BCUT2D eigenvalue weighted by atomic mass is 10.0. The van der Waals surface area contributed by atoms with Crippen molar-refractivity contribution in [2.24, 2.45) is 0 Å². The van der Waals surface area contributed by atoms with E-state index in [1.807, 2.05) is 23.7 Å². The molecule has 150 valence electrons. The summed E-state index contributed by atoms with van der Waals surface area (Å²) in [6.07, 6.45) is 9.93. The highest BCUT2D eigenvalue weighted by molar-refractivity contribution is 7.98. The highest BCUT2D eigenvalue weighted by Crippen LogP contribution is 2.23. The topological polar surface area (TPSA) is 67.2 Å². The van der Waals surface area contributed by atoms with Crippen molar-refractivity contribution in [3.63, 3.8) is 0 Å². The summed E-state index contributed by atoms with van der Waals surface area (Å²) in [4.78, 5) is 31.7. The zero-order valence-corrected chi connectivity index (χ0v) is 17.5. The molecule has 0 aliphatic carbocycles. The molecule has 1 N–H and O–H groups in total. The van der Waals surface area contributed by atoms with E-state index in [1.54, 1.807) is 42.2 Å². The molecule has 0 bridgehead atoms. The van der Waals surface area contributed by atoms with Gasteiger partial charge in [0, 0.05) is 31.5 Å². The molecule has 1 atom stereocenters. The quantitative estimate of drug-likeness (QED) is 0.746. The molecule has 6 nitrogen and oxygen atoms in total. The summed E-state index contributed by atoms with van der Waals surface area (Å²) in [5.74, 6) is 0.474. The second kappa shape index (κ2) is 9.98. The fraction of sp³-hybridized carbons (Fsp3) is 0.450. The molecule has 0 saturated carbocycles. The van der Waals surface area contributed by atoms with Gasteiger partial charge in [0.25, 0.3) is 5.91 Å². The summed E-state index contributed by atoms with van der Waals surface area (Å²) in [7, 11) is 0. The smallest absolute Gasteiger partial charge is 0.253 e. The Hall–Kier alpha value is -1.99. The Kier molecular flexibility index (Phi) is 7.39. The van der Waals surface area contributed by atoms with Gasteiger partial charge in [-0.25, -0.2) is 4.98 Å². The molecule has 2 amide bonds. The molecule has 0 spiro atoms. The molecule has 1 aliphatic heterocycles. The number of carbonyl (C=O) groups is 2. The van der Waals surface area contributed by atoms with Crippen LogP contribution in [0.4, 0.5) is 0 Å². The van der Waals surface area contributed by atoms with Gasteiger partial charge in [-0.1, -0.05) is 23.7 Å². The fourth-order valence-electron chi connectivity index (χ4n) is 3.46. The highest BCUT2D eigenvalue weighted by atomic mass is 35.5. The monoisotopic (exact) mass is 420 g/mol. The number of hydrogen-bond acceptors (Lipinski definition) is 4. The molecule has 1 aromatic carbocycles. The van der Waals surface area contributed by atoms with Crippen LogP contribution in [0.5, 0.6) is 0 Å². The third-order valence-electron chi connectivity index (χ3n) is 5.06. The predicted molar refractivity (Wildman–Crippen MR) is 113 cm³/mol. The maximum Gasteiger partial charge on any atom is 0.253 e. The third kappa shape index (κ3) is 5.08. The maximum absolute atomic E-state index is 13.1. The first-order chi connectivity index (χ1) is 13.6. The zero-order chi connectivity index (χ0) is 19.9. The number of hydrogen-bond donors (Lipinski definition) is 1. The Morgan fingerprint density at radius 2 is 2.07 bits per heavy atom. The van der Waals surface area contributed by atoms with E-state index in [0.717, 1.165) is 18.6 Å². The van der Waals surface area contributed by atoms with Crippen LogP contribution in [0.15, 0.2) is 43.0 Å². The number of imidazole rings is 1. The Balaban J connectivity index is 1.63. The number of amides is 2. The number of benzene rings is 1. The number of halogens is 1. The van der Waals surface area contributed by atoms with Crippen LogP contribution >= 0.6 is 23.4 Å². The van der Waals surface area contributed by atoms with Gasteiger partial charge in [-0.05, 0) is 43.4 Å². The molecular formula is C20H25ClN4O2S. The Morgan fingerprint density at radius 3 is 2.71 bits per heavy atom. The lowest BCUT2D eigenvalue weighted by molar-refractivity contribution is -0.134. The molecule has 1 aliphatic rings. The van der Waals surface area contributed by atoms with E-state index in [4.69, 9.17) is 11.6 Å².